The van der Waals surface area contributed by atoms with Gasteiger partial charge in [0.25, 0.3) is 0 Å². The number of aryl methyl sites for hydroxylation is 2. The highest BCUT2D eigenvalue weighted by Gasteiger charge is 2.09. The van der Waals surface area contributed by atoms with Gasteiger partial charge in [0.15, 0.2) is 5.75 Å². The van der Waals surface area contributed by atoms with Crippen molar-refractivity contribution in [3.05, 3.63) is 46.8 Å². The largest absolute Gasteiger partial charge is 0.504 e. The van der Waals surface area contributed by atoms with Gasteiger partial charge < -0.3 is 5.11 Å². The van der Waals surface area contributed by atoms with Gasteiger partial charge in [-0.05, 0) is 26.3 Å². The van der Waals surface area contributed by atoms with Gasteiger partial charge >= 0.3 is 0 Å². The number of hydrogen-bond donors (Lipinski definition) is 1. The lowest BCUT2D eigenvalue weighted by molar-refractivity contribution is 0.465. The molecule has 0 fully saturated rings. The third-order valence-corrected chi connectivity index (χ3v) is 2.80. The number of nitrogens with zero attached hydrogens (tertiary/aromatic N) is 2. The van der Waals surface area contributed by atoms with E-state index in [1.165, 1.54) is 11.1 Å². The number of aromatic nitrogens is 2. The topological polar surface area (TPSA) is 38.0 Å². The van der Waals surface area contributed by atoms with Gasteiger partial charge in [-0.15, -0.1) is 0 Å². The summed E-state index contributed by atoms with van der Waals surface area (Å²) in [5.74, 6) is 0.298. The van der Waals surface area contributed by atoms with Crippen LogP contribution in [0.1, 0.15) is 22.5 Å². The van der Waals surface area contributed by atoms with E-state index in [9.17, 15) is 5.11 Å². The first-order valence-corrected chi connectivity index (χ1v) is 5.36. The summed E-state index contributed by atoms with van der Waals surface area (Å²) in [6.45, 7) is 6.46. The van der Waals surface area contributed by atoms with Crippen molar-refractivity contribution in [1.82, 2.24) is 9.78 Å². The molecule has 2 rings (SSSR count). The van der Waals surface area contributed by atoms with Crippen molar-refractivity contribution < 1.29 is 5.11 Å². The zero-order chi connectivity index (χ0) is 11.7. The van der Waals surface area contributed by atoms with Crippen LogP contribution in [0.3, 0.4) is 0 Å². The quantitative estimate of drug-likeness (QED) is 0.837. The average Bonchev–Trinajstić information content (AvgIpc) is 2.50. The van der Waals surface area contributed by atoms with E-state index in [1.54, 1.807) is 0 Å². The SMILES string of the molecule is Cc1ccc(Cn2nc(C)c(O)c2C)cc1. The molecule has 3 heteroatoms. The molecule has 0 aliphatic rings. The minimum Gasteiger partial charge on any atom is -0.504 e. The molecule has 1 N–H and O–H groups in total. The lowest BCUT2D eigenvalue weighted by atomic mass is 10.1. The van der Waals surface area contributed by atoms with Crippen molar-refractivity contribution in [1.29, 1.82) is 0 Å². The van der Waals surface area contributed by atoms with Gasteiger partial charge in [-0.25, -0.2) is 0 Å². The van der Waals surface area contributed by atoms with E-state index in [0.717, 1.165) is 5.69 Å². The predicted octanol–water partition coefficient (Wildman–Crippen LogP) is 2.56. The molecule has 0 aliphatic heterocycles. The van der Waals surface area contributed by atoms with E-state index in [2.05, 4.69) is 36.3 Å². The molecule has 3 nitrogen and oxygen atoms in total. The first-order valence-electron chi connectivity index (χ1n) is 5.36. The standard InChI is InChI=1S/C13H16N2O/c1-9-4-6-12(7-5-9)8-15-11(3)13(16)10(2)14-15/h4-7,16H,8H2,1-3H3. The molecule has 0 radical (unpaired) electrons. The van der Waals surface area contributed by atoms with Crippen LogP contribution in [0.25, 0.3) is 0 Å². The van der Waals surface area contributed by atoms with E-state index in [4.69, 9.17) is 0 Å². The molecule has 0 unspecified atom stereocenters. The van der Waals surface area contributed by atoms with Gasteiger partial charge in [-0.2, -0.15) is 5.10 Å². The Balaban J connectivity index is 2.27. The molecule has 0 atom stereocenters. The maximum Gasteiger partial charge on any atom is 0.159 e. The summed E-state index contributed by atoms with van der Waals surface area (Å²) in [5, 5.41) is 14.0. The van der Waals surface area contributed by atoms with Gasteiger partial charge in [0.2, 0.25) is 0 Å². The summed E-state index contributed by atoms with van der Waals surface area (Å²) in [5.41, 5.74) is 3.94. The Kier molecular flexibility index (Phi) is 2.69. The average molecular weight is 216 g/mol. The zero-order valence-electron chi connectivity index (χ0n) is 9.86. The summed E-state index contributed by atoms with van der Waals surface area (Å²) >= 11 is 0. The third-order valence-electron chi connectivity index (χ3n) is 2.80. The minimum atomic E-state index is 0.298. The number of benzene rings is 1. The van der Waals surface area contributed by atoms with E-state index in [-0.39, 0.29) is 0 Å². The van der Waals surface area contributed by atoms with Crippen LogP contribution in [0, 0.1) is 20.8 Å². The molecule has 84 valence electrons. The Bertz CT molecular complexity index is 497. The normalized spacial score (nSPS) is 10.7. The van der Waals surface area contributed by atoms with E-state index >= 15 is 0 Å². The highest BCUT2D eigenvalue weighted by Crippen LogP contribution is 2.20. The van der Waals surface area contributed by atoms with Crippen LogP contribution in [0.2, 0.25) is 0 Å². The molecule has 2 aromatic rings. The fourth-order valence-electron chi connectivity index (χ4n) is 1.71. The highest BCUT2D eigenvalue weighted by molar-refractivity contribution is 5.31. The first kappa shape index (κ1) is 10.7. The van der Waals surface area contributed by atoms with Crippen LogP contribution in [0.4, 0.5) is 0 Å². The number of rotatable bonds is 2. The van der Waals surface area contributed by atoms with Crippen LogP contribution in [-0.4, -0.2) is 14.9 Å². The maximum atomic E-state index is 9.67. The van der Waals surface area contributed by atoms with Crippen molar-refractivity contribution in [2.45, 2.75) is 27.3 Å². The molecule has 0 saturated heterocycles. The van der Waals surface area contributed by atoms with Crippen molar-refractivity contribution >= 4 is 0 Å². The minimum absolute atomic E-state index is 0.298. The first-order chi connectivity index (χ1) is 7.58. The maximum absolute atomic E-state index is 9.67. The van der Waals surface area contributed by atoms with Crippen LogP contribution in [0.5, 0.6) is 5.75 Å². The summed E-state index contributed by atoms with van der Waals surface area (Å²) in [4.78, 5) is 0. The van der Waals surface area contributed by atoms with E-state index in [1.807, 2.05) is 18.5 Å². The Morgan fingerprint density at radius 1 is 1.12 bits per heavy atom. The Morgan fingerprint density at radius 3 is 2.25 bits per heavy atom. The fraction of sp³-hybridized carbons (Fsp3) is 0.308. The van der Waals surface area contributed by atoms with Crippen LogP contribution < -0.4 is 0 Å². The van der Waals surface area contributed by atoms with Gasteiger partial charge in [0.1, 0.15) is 5.69 Å². The molecule has 0 saturated carbocycles. The molecular formula is C13H16N2O. The molecule has 0 spiro atoms. The number of hydrogen-bond acceptors (Lipinski definition) is 2. The smallest absolute Gasteiger partial charge is 0.159 e. The lowest BCUT2D eigenvalue weighted by Gasteiger charge is -2.04. The summed E-state index contributed by atoms with van der Waals surface area (Å²) in [6, 6.07) is 8.34. The third kappa shape index (κ3) is 1.94. The molecular weight excluding hydrogens is 200 g/mol. The fourth-order valence-corrected chi connectivity index (χ4v) is 1.71. The van der Waals surface area contributed by atoms with Gasteiger partial charge in [-0.3, -0.25) is 4.68 Å². The highest BCUT2D eigenvalue weighted by atomic mass is 16.3. The summed E-state index contributed by atoms with van der Waals surface area (Å²) in [7, 11) is 0. The molecule has 0 amide bonds. The second-order valence-corrected chi connectivity index (χ2v) is 4.16. The van der Waals surface area contributed by atoms with Crippen molar-refractivity contribution in [2.24, 2.45) is 0 Å². The Morgan fingerprint density at radius 2 is 1.75 bits per heavy atom. The second-order valence-electron chi connectivity index (χ2n) is 4.16. The monoisotopic (exact) mass is 216 g/mol. The molecule has 1 aromatic carbocycles. The van der Waals surface area contributed by atoms with Crippen LogP contribution in [0.15, 0.2) is 24.3 Å². The van der Waals surface area contributed by atoms with E-state index in [0.29, 0.717) is 18.0 Å². The van der Waals surface area contributed by atoms with Crippen LogP contribution in [-0.2, 0) is 6.54 Å². The summed E-state index contributed by atoms with van der Waals surface area (Å²) < 4.78 is 1.83. The summed E-state index contributed by atoms with van der Waals surface area (Å²) in [6.07, 6.45) is 0. The lowest BCUT2D eigenvalue weighted by Crippen LogP contribution is -2.03. The van der Waals surface area contributed by atoms with Crippen molar-refractivity contribution in [3.63, 3.8) is 0 Å². The van der Waals surface area contributed by atoms with Crippen molar-refractivity contribution in [3.8, 4) is 5.75 Å². The Hall–Kier alpha value is -1.77. The van der Waals surface area contributed by atoms with Crippen LogP contribution >= 0.6 is 0 Å². The van der Waals surface area contributed by atoms with Gasteiger partial charge in [-0.1, -0.05) is 29.8 Å². The molecule has 16 heavy (non-hydrogen) atoms. The van der Waals surface area contributed by atoms with Gasteiger partial charge in [0.05, 0.1) is 12.2 Å². The molecule has 0 aliphatic carbocycles. The Labute approximate surface area is 95.3 Å². The van der Waals surface area contributed by atoms with Gasteiger partial charge in [0, 0.05) is 0 Å². The second kappa shape index (κ2) is 4.00. The molecule has 1 heterocycles. The molecule has 1 aromatic heterocycles. The van der Waals surface area contributed by atoms with E-state index < -0.39 is 0 Å². The molecule has 0 bridgehead atoms. The van der Waals surface area contributed by atoms with Crippen molar-refractivity contribution in [2.75, 3.05) is 0 Å². The zero-order valence-corrected chi connectivity index (χ0v) is 9.86. The predicted molar refractivity (Wildman–Crippen MR) is 63.6 cm³/mol. The number of aromatic hydroxyl groups is 1.